The highest BCUT2D eigenvalue weighted by molar-refractivity contribution is 5.90. The van der Waals surface area contributed by atoms with Crippen LogP contribution in [-0.4, -0.2) is 69.6 Å². The molecule has 1 aromatic carbocycles. The van der Waals surface area contributed by atoms with Crippen LogP contribution in [0.4, 0.5) is 5.82 Å². The van der Waals surface area contributed by atoms with Crippen molar-refractivity contribution in [2.45, 2.75) is 25.3 Å². The molecule has 33 heavy (non-hydrogen) atoms. The molecule has 0 radical (unpaired) electrons. The molecule has 1 atom stereocenters. The first kappa shape index (κ1) is 22.4. The molecular formula is C23H26N6O4. The maximum atomic E-state index is 10.8. The molecule has 172 valence electrons. The van der Waals surface area contributed by atoms with Gasteiger partial charge >= 0.3 is 5.97 Å². The Bertz CT molecular complexity index is 1210. The Kier molecular flexibility index (Phi) is 6.60. The smallest absolute Gasteiger partial charge is 0.303 e. The van der Waals surface area contributed by atoms with Gasteiger partial charge in [-0.2, -0.15) is 5.10 Å². The molecule has 0 bridgehead atoms. The molecule has 3 heterocycles. The topological polar surface area (TPSA) is 129 Å². The molecule has 4 rings (SSSR count). The highest BCUT2D eigenvalue weighted by Gasteiger charge is 2.27. The molecule has 0 aliphatic carbocycles. The molecule has 1 aliphatic heterocycles. The number of aliphatic carboxylic acids is 1. The first-order valence-corrected chi connectivity index (χ1v) is 10.7. The summed E-state index contributed by atoms with van der Waals surface area (Å²) in [5, 5.41) is 14.3. The Hall–Kier alpha value is -3.84. The normalized spacial score (nSPS) is 15.9. The number of anilines is 1. The second-order valence-corrected chi connectivity index (χ2v) is 7.84. The number of benzene rings is 1. The number of nitrogens with two attached hydrogens (primary N) is 1. The Morgan fingerprint density at radius 2 is 1.97 bits per heavy atom. The fraction of sp³-hybridized carbons (Fsp3) is 0.391. The Morgan fingerprint density at radius 3 is 2.67 bits per heavy atom. The van der Waals surface area contributed by atoms with Gasteiger partial charge in [-0.1, -0.05) is 5.92 Å². The second-order valence-electron chi connectivity index (χ2n) is 7.84. The van der Waals surface area contributed by atoms with E-state index in [4.69, 9.17) is 25.4 Å². The van der Waals surface area contributed by atoms with Gasteiger partial charge in [-0.3, -0.25) is 4.79 Å². The van der Waals surface area contributed by atoms with Crippen molar-refractivity contribution in [3.63, 3.8) is 0 Å². The van der Waals surface area contributed by atoms with E-state index in [1.807, 2.05) is 16.8 Å². The van der Waals surface area contributed by atoms with Crippen molar-refractivity contribution in [3.05, 3.63) is 35.8 Å². The zero-order valence-corrected chi connectivity index (χ0v) is 18.6. The summed E-state index contributed by atoms with van der Waals surface area (Å²) in [7, 11) is 3.18. The van der Waals surface area contributed by atoms with Crippen molar-refractivity contribution >= 4 is 22.8 Å². The minimum atomic E-state index is -0.770. The molecule has 0 spiro atoms. The summed E-state index contributed by atoms with van der Waals surface area (Å²) in [5.41, 5.74) is 8.04. The van der Waals surface area contributed by atoms with E-state index in [1.165, 1.54) is 6.33 Å². The maximum absolute atomic E-state index is 10.8. The van der Waals surface area contributed by atoms with Gasteiger partial charge in [0.05, 0.1) is 25.6 Å². The summed E-state index contributed by atoms with van der Waals surface area (Å²) in [6.07, 6.45) is 3.11. The molecule has 1 fully saturated rings. The van der Waals surface area contributed by atoms with Crippen molar-refractivity contribution in [2.24, 2.45) is 0 Å². The molecule has 1 unspecified atom stereocenters. The van der Waals surface area contributed by atoms with E-state index in [9.17, 15) is 4.79 Å². The third-order valence-electron chi connectivity index (χ3n) is 5.65. The van der Waals surface area contributed by atoms with E-state index >= 15 is 0 Å². The van der Waals surface area contributed by atoms with Gasteiger partial charge in [0.1, 0.15) is 29.3 Å². The largest absolute Gasteiger partial charge is 0.497 e. The number of carboxylic acid groups (broad SMARTS) is 1. The number of ether oxygens (including phenoxy) is 2. The predicted molar refractivity (Wildman–Crippen MR) is 122 cm³/mol. The zero-order chi connectivity index (χ0) is 23.4. The maximum Gasteiger partial charge on any atom is 0.303 e. The van der Waals surface area contributed by atoms with Gasteiger partial charge in [-0.15, -0.1) is 0 Å². The number of nitrogen functional groups attached to an aromatic ring is 1. The van der Waals surface area contributed by atoms with Crippen LogP contribution in [0.15, 0.2) is 24.5 Å². The van der Waals surface area contributed by atoms with Crippen molar-refractivity contribution in [1.29, 1.82) is 0 Å². The van der Waals surface area contributed by atoms with Gasteiger partial charge in [0, 0.05) is 31.1 Å². The van der Waals surface area contributed by atoms with Crippen LogP contribution < -0.4 is 15.2 Å². The standard InChI is InChI=1S/C23H26N6O4/c1-32-17-10-15(11-18(12-17)33-2)5-6-19-21-22(24)25-14-26-23(21)29(27-19)16-7-9-28(13-16)8-3-4-20(30)31/h10-12,14,16H,3-4,7-9,13H2,1-2H3,(H,30,31)(H2,24,25,26). The summed E-state index contributed by atoms with van der Waals surface area (Å²) in [6, 6.07) is 5.52. The lowest BCUT2D eigenvalue weighted by molar-refractivity contribution is -0.137. The van der Waals surface area contributed by atoms with E-state index in [-0.39, 0.29) is 12.5 Å². The minimum absolute atomic E-state index is 0.0964. The Balaban J connectivity index is 1.63. The highest BCUT2D eigenvalue weighted by Crippen LogP contribution is 2.29. The first-order chi connectivity index (χ1) is 16.0. The molecular weight excluding hydrogens is 424 g/mol. The molecule has 10 nitrogen and oxygen atoms in total. The summed E-state index contributed by atoms with van der Waals surface area (Å²) >= 11 is 0. The number of methoxy groups -OCH3 is 2. The van der Waals surface area contributed by atoms with Gasteiger partial charge < -0.3 is 25.2 Å². The van der Waals surface area contributed by atoms with Crippen molar-refractivity contribution in [3.8, 4) is 23.3 Å². The van der Waals surface area contributed by atoms with Gasteiger partial charge in [-0.05, 0) is 37.4 Å². The zero-order valence-electron chi connectivity index (χ0n) is 18.6. The fourth-order valence-corrected chi connectivity index (χ4v) is 4.02. The summed E-state index contributed by atoms with van der Waals surface area (Å²) < 4.78 is 12.5. The van der Waals surface area contributed by atoms with Crippen LogP contribution in [0.25, 0.3) is 11.0 Å². The number of carboxylic acids is 1. The van der Waals surface area contributed by atoms with Gasteiger partial charge in [0.15, 0.2) is 5.65 Å². The molecule has 3 aromatic rings. The average molecular weight is 450 g/mol. The number of hydrogen-bond donors (Lipinski definition) is 2. The number of likely N-dealkylation sites (tertiary alicyclic amines) is 1. The molecule has 3 N–H and O–H groups in total. The van der Waals surface area contributed by atoms with Gasteiger partial charge in [0.2, 0.25) is 0 Å². The number of rotatable bonds is 7. The lowest BCUT2D eigenvalue weighted by Crippen LogP contribution is -2.23. The Morgan fingerprint density at radius 1 is 1.21 bits per heavy atom. The van der Waals surface area contributed by atoms with Crippen LogP contribution in [-0.2, 0) is 4.79 Å². The SMILES string of the molecule is COc1cc(C#Cc2nn(C3CCN(CCCC(=O)O)C3)c3ncnc(N)c23)cc(OC)c1. The number of aromatic nitrogens is 4. The summed E-state index contributed by atoms with van der Waals surface area (Å²) in [5.74, 6) is 7.08. The van der Waals surface area contributed by atoms with Gasteiger partial charge in [-0.25, -0.2) is 14.6 Å². The quantitative estimate of drug-likeness (QED) is 0.519. The summed E-state index contributed by atoms with van der Waals surface area (Å²) in [6.45, 7) is 2.38. The minimum Gasteiger partial charge on any atom is -0.497 e. The fourth-order valence-electron chi connectivity index (χ4n) is 4.02. The van der Waals surface area contributed by atoms with Gasteiger partial charge in [0.25, 0.3) is 0 Å². The third-order valence-corrected chi connectivity index (χ3v) is 5.65. The predicted octanol–water partition coefficient (Wildman–Crippen LogP) is 1.94. The van der Waals surface area contributed by atoms with Crippen LogP contribution in [0.5, 0.6) is 11.5 Å². The van der Waals surface area contributed by atoms with E-state index < -0.39 is 5.97 Å². The van der Waals surface area contributed by atoms with Crippen LogP contribution in [0.3, 0.4) is 0 Å². The lowest BCUT2D eigenvalue weighted by atomic mass is 10.2. The van der Waals surface area contributed by atoms with E-state index in [2.05, 4.69) is 26.7 Å². The average Bonchev–Trinajstić information content (AvgIpc) is 3.42. The van der Waals surface area contributed by atoms with E-state index in [0.717, 1.165) is 31.6 Å². The number of fused-ring (bicyclic) bond motifs is 1. The molecule has 1 saturated heterocycles. The van der Waals surface area contributed by atoms with Crippen LogP contribution in [0.1, 0.15) is 36.6 Å². The molecule has 0 saturated carbocycles. The van der Waals surface area contributed by atoms with E-state index in [0.29, 0.717) is 40.5 Å². The molecule has 0 amide bonds. The van der Waals surface area contributed by atoms with E-state index in [1.54, 1.807) is 20.3 Å². The lowest BCUT2D eigenvalue weighted by Gasteiger charge is -2.15. The Labute approximate surface area is 191 Å². The number of hydrogen-bond acceptors (Lipinski definition) is 8. The van der Waals surface area contributed by atoms with Crippen molar-refractivity contribution in [1.82, 2.24) is 24.6 Å². The molecule has 2 aromatic heterocycles. The van der Waals surface area contributed by atoms with Crippen LogP contribution in [0.2, 0.25) is 0 Å². The second kappa shape index (κ2) is 9.75. The number of carbonyl (C=O) groups is 1. The highest BCUT2D eigenvalue weighted by atomic mass is 16.5. The van der Waals surface area contributed by atoms with Crippen LogP contribution >= 0.6 is 0 Å². The molecule has 1 aliphatic rings. The summed E-state index contributed by atoms with van der Waals surface area (Å²) in [4.78, 5) is 21.6. The molecule has 10 heteroatoms. The first-order valence-electron chi connectivity index (χ1n) is 10.7. The van der Waals surface area contributed by atoms with Crippen LogP contribution in [0, 0.1) is 11.8 Å². The monoisotopic (exact) mass is 450 g/mol. The van der Waals surface area contributed by atoms with Crippen molar-refractivity contribution in [2.75, 3.05) is 39.6 Å². The number of nitrogens with zero attached hydrogens (tertiary/aromatic N) is 5. The van der Waals surface area contributed by atoms with Crippen molar-refractivity contribution < 1.29 is 19.4 Å². The third kappa shape index (κ3) is 4.99.